The number of hydrogen-bond acceptors (Lipinski definition) is 5. The van der Waals surface area contributed by atoms with Gasteiger partial charge in [-0.15, -0.1) is 0 Å². The number of thioether (sulfide) groups is 1. The number of carbonyl (C=O) groups is 2. The maximum atomic E-state index is 13.7. The molecule has 7 heteroatoms. The first kappa shape index (κ1) is 26.4. The smallest absolute Gasteiger partial charge is 0.262 e. The van der Waals surface area contributed by atoms with Crippen LogP contribution in [0, 0.1) is 0 Å². The van der Waals surface area contributed by atoms with Gasteiger partial charge >= 0.3 is 0 Å². The number of hydrogen-bond donors (Lipinski definition) is 1. The topological polar surface area (TPSA) is 81.1 Å². The van der Waals surface area contributed by atoms with Crippen molar-refractivity contribution >= 4 is 34.4 Å². The van der Waals surface area contributed by atoms with Crippen molar-refractivity contribution in [1.82, 2.24) is 14.9 Å². The van der Waals surface area contributed by atoms with Crippen LogP contribution in [0.1, 0.15) is 91.0 Å². The summed E-state index contributed by atoms with van der Waals surface area (Å²) in [5.41, 5.74) is 2.97. The molecular formula is C31H35N3O3S. The highest BCUT2D eigenvalue weighted by atomic mass is 32.2. The van der Waals surface area contributed by atoms with E-state index in [1.54, 1.807) is 30.3 Å². The monoisotopic (exact) mass is 529 g/mol. The van der Waals surface area contributed by atoms with Gasteiger partial charge in [0.25, 0.3) is 11.5 Å². The zero-order valence-electron chi connectivity index (χ0n) is 21.8. The number of nitrogens with zero attached hydrogens (tertiary/aromatic N) is 2. The molecule has 1 amide bonds. The summed E-state index contributed by atoms with van der Waals surface area (Å²) in [5, 5.41) is 4.09. The number of amides is 1. The molecule has 0 aliphatic heterocycles. The summed E-state index contributed by atoms with van der Waals surface area (Å²) >= 11 is 1.31. The van der Waals surface area contributed by atoms with Gasteiger partial charge in [-0.3, -0.25) is 19.0 Å². The van der Waals surface area contributed by atoms with Crippen molar-refractivity contribution in [2.24, 2.45) is 0 Å². The Morgan fingerprint density at radius 2 is 1.79 bits per heavy atom. The Hall–Kier alpha value is -3.19. The van der Waals surface area contributed by atoms with Crippen molar-refractivity contribution < 1.29 is 9.59 Å². The second-order valence-electron chi connectivity index (χ2n) is 10.3. The summed E-state index contributed by atoms with van der Waals surface area (Å²) in [6.07, 6.45) is 13.1. The highest BCUT2D eigenvalue weighted by Gasteiger charge is 2.23. The molecule has 2 aliphatic rings. The molecule has 0 atom stereocenters. The molecule has 0 spiro atoms. The van der Waals surface area contributed by atoms with E-state index < -0.39 is 0 Å². The second-order valence-corrected chi connectivity index (χ2v) is 11.2. The summed E-state index contributed by atoms with van der Waals surface area (Å²) in [7, 11) is 0. The normalized spacial score (nSPS) is 16.3. The molecule has 1 N–H and O–H groups in total. The van der Waals surface area contributed by atoms with Gasteiger partial charge in [0.15, 0.2) is 10.9 Å². The molecule has 5 rings (SSSR count). The second kappa shape index (κ2) is 12.6. The Labute approximate surface area is 227 Å². The van der Waals surface area contributed by atoms with Crippen LogP contribution in [0.15, 0.2) is 70.1 Å². The van der Waals surface area contributed by atoms with E-state index in [0.29, 0.717) is 33.7 Å². The molecular weight excluding hydrogens is 494 g/mol. The van der Waals surface area contributed by atoms with Crippen LogP contribution >= 0.6 is 11.8 Å². The minimum atomic E-state index is -0.157. The molecule has 198 valence electrons. The van der Waals surface area contributed by atoms with Crippen molar-refractivity contribution in [3.05, 3.63) is 81.7 Å². The molecule has 0 saturated heterocycles. The number of ketones is 1. The third kappa shape index (κ3) is 6.26. The predicted molar refractivity (Wildman–Crippen MR) is 153 cm³/mol. The number of allylic oxidation sites excluding steroid dienone is 1. The van der Waals surface area contributed by atoms with Gasteiger partial charge in [0.2, 0.25) is 0 Å². The Balaban J connectivity index is 1.39. The standard InChI is InChI=1S/C31H35N3O3S/c35-28(23-12-6-2-7-13-23)21-38-31-33-27-20-24(29(36)32-19-18-22-10-4-1-5-11-22)16-17-26(27)30(37)34(31)25-14-8-3-9-15-25/h2,6-7,10,12-13,16-17,20,25H,1,3-5,8-9,11,14-15,18-19,21H2,(H,32,36). The molecule has 3 aromatic rings. The largest absolute Gasteiger partial charge is 0.352 e. The van der Waals surface area contributed by atoms with Crippen LogP contribution in [0.25, 0.3) is 10.9 Å². The summed E-state index contributed by atoms with van der Waals surface area (Å²) in [5.74, 6) is 0.0430. The van der Waals surface area contributed by atoms with E-state index in [2.05, 4.69) is 11.4 Å². The number of benzene rings is 2. The number of rotatable bonds is 9. The lowest BCUT2D eigenvalue weighted by atomic mass is 9.95. The summed E-state index contributed by atoms with van der Waals surface area (Å²) in [6.45, 7) is 0.599. The van der Waals surface area contributed by atoms with Gasteiger partial charge in [-0.05, 0) is 63.1 Å². The summed E-state index contributed by atoms with van der Waals surface area (Å²) in [4.78, 5) is 44.3. The fourth-order valence-electron chi connectivity index (χ4n) is 5.49. The molecule has 38 heavy (non-hydrogen) atoms. The molecule has 0 bridgehead atoms. The van der Waals surface area contributed by atoms with Crippen molar-refractivity contribution in [2.45, 2.75) is 75.4 Å². The minimum absolute atomic E-state index is 0.00125. The first-order valence-corrected chi connectivity index (χ1v) is 14.8. The van der Waals surface area contributed by atoms with Crippen molar-refractivity contribution in [1.29, 1.82) is 0 Å². The van der Waals surface area contributed by atoms with Gasteiger partial charge in [-0.1, -0.05) is 73.0 Å². The first-order valence-electron chi connectivity index (χ1n) is 13.8. The Kier molecular flexibility index (Phi) is 8.74. The average molecular weight is 530 g/mol. The molecule has 1 aromatic heterocycles. The lowest BCUT2D eigenvalue weighted by Crippen LogP contribution is -2.29. The lowest BCUT2D eigenvalue weighted by molar-refractivity contribution is 0.0953. The van der Waals surface area contributed by atoms with Crippen LogP contribution in [-0.4, -0.2) is 33.5 Å². The van der Waals surface area contributed by atoms with Crippen molar-refractivity contribution in [3.8, 4) is 0 Å². The fourth-order valence-corrected chi connectivity index (χ4v) is 6.45. The van der Waals surface area contributed by atoms with Crippen LogP contribution in [0.5, 0.6) is 0 Å². The molecule has 2 aliphatic carbocycles. The van der Waals surface area contributed by atoms with Gasteiger partial charge in [0.05, 0.1) is 16.7 Å². The van der Waals surface area contributed by atoms with Gasteiger partial charge in [-0.2, -0.15) is 0 Å². The first-order chi connectivity index (χ1) is 18.6. The number of Topliss-reactive ketones (excluding diaryl/α,β-unsaturated/α-hetero) is 1. The fraction of sp³-hybridized carbons (Fsp3) is 0.419. The van der Waals surface area contributed by atoms with Crippen LogP contribution in [-0.2, 0) is 0 Å². The van der Waals surface area contributed by atoms with E-state index in [1.807, 2.05) is 22.8 Å². The van der Waals surface area contributed by atoms with E-state index in [1.165, 1.54) is 36.6 Å². The quantitative estimate of drug-likeness (QED) is 0.148. The Morgan fingerprint density at radius 3 is 2.55 bits per heavy atom. The number of aromatic nitrogens is 2. The number of carbonyl (C=O) groups excluding carboxylic acids is 2. The maximum Gasteiger partial charge on any atom is 0.262 e. The van der Waals surface area contributed by atoms with E-state index in [4.69, 9.17) is 4.98 Å². The Bertz CT molecular complexity index is 1390. The van der Waals surface area contributed by atoms with E-state index in [9.17, 15) is 14.4 Å². The Morgan fingerprint density at radius 1 is 0.974 bits per heavy atom. The van der Waals surface area contributed by atoms with Crippen LogP contribution in [0.3, 0.4) is 0 Å². The maximum absolute atomic E-state index is 13.7. The van der Waals surface area contributed by atoms with Crippen LogP contribution < -0.4 is 10.9 Å². The average Bonchev–Trinajstić information content (AvgIpc) is 2.97. The number of nitrogens with one attached hydrogen (secondary N) is 1. The molecule has 1 fully saturated rings. The highest BCUT2D eigenvalue weighted by molar-refractivity contribution is 7.99. The van der Waals surface area contributed by atoms with E-state index >= 15 is 0 Å². The summed E-state index contributed by atoms with van der Waals surface area (Å²) < 4.78 is 1.81. The van der Waals surface area contributed by atoms with Crippen LogP contribution in [0.4, 0.5) is 0 Å². The van der Waals surface area contributed by atoms with Gasteiger partial charge in [0.1, 0.15) is 0 Å². The molecule has 0 radical (unpaired) electrons. The zero-order valence-corrected chi connectivity index (χ0v) is 22.6. The third-order valence-electron chi connectivity index (χ3n) is 7.62. The predicted octanol–water partition coefficient (Wildman–Crippen LogP) is 6.50. The highest BCUT2D eigenvalue weighted by Crippen LogP contribution is 2.31. The molecule has 2 aromatic carbocycles. The van der Waals surface area contributed by atoms with Gasteiger partial charge in [0, 0.05) is 23.7 Å². The number of fused-ring (bicyclic) bond motifs is 1. The SMILES string of the molecule is O=C(CSc1nc2cc(C(=O)NCCC3=CCCCC3)ccc2c(=O)n1C1CCCCC1)c1ccccc1. The van der Waals surface area contributed by atoms with Gasteiger partial charge in [-0.25, -0.2) is 4.98 Å². The van der Waals surface area contributed by atoms with E-state index in [-0.39, 0.29) is 29.0 Å². The molecule has 6 nitrogen and oxygen atoms in total. The lowest BCUT2D eigenvalue weighted by Gasteiger charge is -2.26. The zero-order chi connectivity index (χ0) is 26.3. The van der Waals surface area contributed by atoms with Gasteiger partial charge < -0.3 is 5.32 Å². The third-order valence-corrected chi connectivity index (χ3v) is 8.57. The van der Waals surface area contributed by atoms with Crippen molar-refractivity contribution in [2.75, 3.05) is 12.3 Å². The van der Waals surface area contributed by atoms with E-state index in [0.717, 1.165) is 44.9 Å². The molecule has 1 heterocycles. The molecule has 0 unspecified atom stereocenters. The molecule has 1 saturated carbocycles. The van der Waals surface area contributed by atoms with Crippen molar-refractivity contribution in [3.63, 3.8) is 0 Å². The minimum Gasteiger partial charge on any atom is -0.352 e. The van der Waals surface area contributed by atoms with Crippen LogP contribution in [0.2, 0.25) is 0 Å². The summed E-state index contributed by atoms with van der Waals surface area (Å²) in [6, 6.07) is 14.4.